The smallest absolute Gasteiger partial charge is 0.157 e. The molecule has 1 fully saturated rings. The van der Waals surface area contributed by atoms with Crippen molar-refractivity contribution in [3.05, 3.63) is 53.8 Å². The summed E-state index contributed by atoms with van der Waals surface area (Å²) < 4.78 is 32.0. The van der Waals surface area contributed by atoms with Gasteiger partial charge in [-0.3, -0.25) is 0 Å². The fourth-order valence-electron chi connectivity index (χ4n) is 3.89. The summed E-state index contributed by atoms with van der Waals surface area (Å²) in [5.41, 5.74) is 2.69. The van der Waals surface area contributed by atoms with Crippen molar-refractivity contribution in [2.75, 3.05) is 19.8 Å². The van der Waals surface area contributed by atoms with Crippen LogP contribution in [-0.4, -0.2) is 26.1 Å². The molecule has 0 amide bonds. The molecular weight excluding hydrogens is 391 g/mol. The van der Waals surface area contributed by atoms with Crippen LogP contribution in [-0.2, 0) is 15.9 Å². The zero-order chi connectivity index (χ0) is 21.9. The predicted molar refractivity (Wildman–Crippen MR) is 124 cm³/mol. The molecule has 0 unspecified atom stereocenters. The van der Waals surface area contributed by atoms with Gasteiger partial charge in [-0.2, -0.15) is 0 Å². The summed E-state index contributed by atoms with van der Waals surface area (Å²) in [6, 6.07) is 13.2. The lowest BCUT2D eigenvalue weighted by Crippen LogP contribution is -2.32. The Kier molecular flexibility index (Phi) is 9.83. The number of halogens is 1. The third-order valence-corrected chi connectivity index (χ3v) is 5.89. The Morgan fingerprint density at radius 2 is 1.65 bits per heavy atom. The van der Waals surface area contributed by atoms with Crippen LogP contribution in [0.2, 0.25) is 0 Å². The zero-order valence-electron chi connectivity index (χ0n) is 19.1. The molecule has 0 aromatic heterocycles. The third kappa shape index (κ3) is 7.62. The van der Waals surface area contributed by atoms with Gasteiger partial charge in [-0.15, -0.1) is 0 Å². The van der Waals surface area contributed by atoms with Gasteiger partial charge < -0.3 is 14.2 Å². The molecule has 31 heavy (non-hydrogen) atoms. The molecule has 0 bridgehead atoms. The highest BCUT2D eigenvalue weighted by atomic mass is 19.1. The molecule has 4 heteroatoms. The first kappa shape index (κ1) is 23.7. The first-order valence-electron chi connectivity index (χ1n) is 11.9. The van der Waals surface area contributed by atoms with Crippen molar-refractivity contribution in [3.63, 3.8) is 0 Å². The van der Waals surface area contributed by atoms with E-state index in [1.54, 1.807) is 6.07 Å². The topological polar surface area (TPSA) is 27.7 Å². The van der Waals surface area contributed by atoms with Crippen LogP contribution in [0.5, 0.6) is 5.75 Å². The average molecular weight is 429 g/mol. The lowest BCUT2D eigenvalue weighted by atomic mass is 10.0. The number of unbranched alkanes of at least 4 members (excludes halogenated alkanes) is 3. The Bertz CT molecular complexity index is 767. The molecular formula is C27H37FO3. The van der Waals surface area contributed by atoms with Gasteiger partial charge in [-0.05, 0) is 42.5 Å². The average Bonchev–Trinajstić information content (AvgIpc) is 2.79. The standard InChI is InChI=1S/C27H37FO3/c1-3-5-7-8-22-19-30-27(31-20-22)16-11-21-9-12-23(13-10-21)25-15-14-24(18-26(25)28)29-17-6-4-2/h9-10,12-15,18,22,27H,3-8,11,16-17,19-20H2,1-2H3. The van der Waals surface area contributed by atoms with Crippen molar-refractivity contribution in [2.24, 2.45) is 5.92 Å². The van der Waals surface area contributed by atoms with E-state index in [9.17, 15) is 4.39 Å². The summed E-state index contributed by atoms with van der Waals surface area (Å²) >= 11 is 0. The maximum absolute atomic E-state index is 14.6. The number of hydrogen-bond donors (Lipinski definition) is 0. The second-order valence-electron chi connectivity index (χ2n) is 8.54. The van der Waals surface area contributed by atoms with Crippen molar-refractivity contribution in [2.45, 2.75) is 71.5 Å². The number of aryl methyl sites for hydroxylation is 1. The Morgan fingerprint density at radius 3 is 2.32 bits per heavy atom. The van der Waals surface area contributed by atoms with Gasteiger partial charge in [0.2, 0.25) is 0 Å². The molecule has 3 nitrogen and oxygen atoms in total. The summed E-state index contributed by atoms with van der Waals surface area (Å²) in [6.45, 7) is 6.58. The molecule has 0 spiro atoms. The van der Waals surface area contributed by atoms with E-state index in [1.807, 2.05) is 18.2 Å². The molecule has 0 N–H and O–H groups in total. The van der Waals surface area contributed by atoms with Gasteiger partial charge in [0.15, 0.2) is 6.29 Å². The van der Waals surface area contributed by atoms with Gasteiger partial charge in [0.1, 0.15) is 11.6 Å². The van der Waals surface area contributed by atoms with E-state index in [0.29, 0.717) is 23.8 Å². The summed E-state index contributed by atoms with van der Waals surface area (Å²) in [7, 11) is 0. The molecule has 0 radical (unpaired) electrons. The van der Waals surface area contributed by atoms with Crippen molar-refractivity contribution < 1.29 is 18.6 Å². The number of rotatable bonds is 12. The first-order chi connectivity index (χ1) is 15.2. The predicted octanol–water partition coefficient (Wildman–Crippen LogP) is 7.17. The molecule has 1 aliphatic heterocycles. The third-order valence-electron chi connectivity index (χ3n) is 5.89. The fraction of sp³-hybridized carbons (Fsp3) is 0.556. The molecule has 0 aliphatic carbocycles. The van der Waals surface area contributed by atoms with E-state index in [2.05, 4.69) is 26.0 Å². The lowest BCUT2D eigenvalue weighted by molar-refractivity contribution is -0.203. The maximum atomic E-state index is 14.6. The summed E-state index contributed by atoms with van der Waals surface area (Å²) in [5.74, 6) is 0.881. The van der Waals surface area contributed by atoms with E-state index >= 15 is 0 Å². The summed E-state index contributed by atoms with van der Waals surface area (Å²) in [5, 5.41) is 0. The van der Waals surface area contributed by atoms with Crippen LogP contribution in [0.25, 0.3) is 11.1 Å². The van der Waals surface area contributed by atoms with Crippen molar-refractivity contribution >= 4 is 0 Å². The molecule has 0 saturated carbocycles. The van der Waals surface area contributed by atoms with Crippen LogP contribution in [0.3, 0.4) is 0 Å². The van der Waals surface area contributed by atoms with Crippen LogP contribution >= 0.6 is 0 Å². The molecule has 2 aromatic carbocycles. The van der Waals surface area contributed by atoms with Crippen LogP contribution in [0.4, 0.5) is 4.39 Å². The lowest BCUT2D eigenvalue weighted by Gasteiger charge is -2.29. The second kappa shape index (κ2) is 12.8. The largest absolute Gasteiger partial charge is 0.493 e. The molecule has 0 atom stereocenters. The van der Waals surface area contributed by atoms with E-state index in [0.717, 1.165) is 44.5 Å². The summed E-state index contributed by atoms with van der Waals surface area (Å²) in [6.07, 6.45) is 8.66. The molecule has 170 valence electrons. The fourth-order valence-corrected chi connectivity index (χ4v) is 3.89. The van der Waals surface area contributed by atoms with Crippen molar-refractivity contribution in [3.8, 4) is 16.9 Å². The van der Waals surface area contributed by atoms with Gasteiger partial charge >= 0.3 is 0 Å². The minimum absolute atomic E-state index is 0.111. The summed E-state index contributed by atoms with van der Waals surface area (Å²) in [4.78, 5) is 0. The van der Waals surface area contributed by atoms with E-state index < -0.39 is 0 Å². The minimum Gasteiger partial charge on any atom is -0.493 e. The van der Waals surface area contributed by atoms with Gasteiger partial charge in [-0.25, -0.2) is 4.39 Å². The normalized spacial score (nSPS) is 18.8. The monoisotopic (exact) mass is 428 g/mol. The van der Waals surface area contributed by atoms with Gasteiger partial charge in [0.25, 0.3) is 0 Å². The number of ether oxygens (including phenoxy) is 3. The molecule has 1 saturated heterocycles. The minimum atomic E-state index is -0.251. The van der Waals surface area contributed by atoms with Crippen LogP contribution in [0, 0.1) is 11.7 Å². The van der Waals surface area contributed by atoms with Gasteiger partial charge in [0, 0.05) is 24.0 Å². The van der Waals surface area contributed by atoms with Gasteiger partial charge in [-0.1, -0.05) is 63.8 Å². The Hall–Kier alpha value is -1.91. The highest BCUT2D eigenvalue weighted by Crippen LogP contribution is 2.27. The van der Waals surface area contributed by atoms with E-state index in [1.165, 1.54) is 37.3 Å². The van der Waals surface area contributed by atoms with Crippen LogP contribution in [0.15, 0.2) is 42.5 Å². The first-order valence-corrected chi connectivity index (χ1v) is 11.9. The Labute approximate surface area is 186 Å². The number of benzene rings is 2. The SMILES string of the molecule is CCCCCC1COC(CCc2ccc(-c3ccc(OCCCC)cc3F)cc2)OC1. The van der Waals surface area contributed by atoms with Crippen LogP contribution in [0.1, 0.15) is 64.4 Å². The Morgan fingerprint density at radius 1 is 0.903 bits per heavy atom. The second-order valence-corrected chi connectivity index (χ2v) is 8.54. The molecule has 1 heterocycles. The van der Waals surface area contributed by atoms with E-state index in [4.69, 9.17) is 14.2 Å². The van der Waals surface area contributed by atoms with E-state index in [-0.39, 0.29) is 12.1 Å². The maximum Gasteiger partial charge on any atom is 0.157 e. The molecule has 1 aliphatic rings. The number of hydrogen-bond acceptors (Lipinski definition) is 3. The Balaban J connectivity index is 1.45. The van der Waals surface area contributed by atoms with Crippen LogP contribution < -0.4 is 4.74 Å². The zero-order valence-corrected chi connectivity index (χ0v) is 19.1. The molecule has 3 rings (SSSR count). The molecule has 2 aromatic rings. The van der Waals surface area contributed by atoms with Gasteiger partial charge in [0.05, 0.1) is 19.8 Å². The highest BCUT2D eigenvalue weighted by molar-refractivity contribution is 5.65. The van der Waals surface area contributed by atoms with Crippen molar-refractivity contribution in [1.82, 2.24) is 0 Å². The van der Waals surface area contributed by atoms with Crippen molar-refractivity contribution in [1.29, 1.82) is 0 Å². The highest BCUT2D eigenvalue weighted by Gasteiger charge is 2.21. The quantitative estimate of drug-likeness (QED) is 0.335.